The predicted octanol–water partition coefficient (Wildman–Crippen LogP) is 6.63. The zero-order valence-electron chi connectivity index (χ0n) is 17.8. The highest BCUT2D eigenvalue weighted by molar-refractivity contribution is 5.96. The Bertz CT molecular complexity index is 830. The van der Waals surface area contributed by atoms with E-state index >= 15 is 0 Å². The first-order valence-electron chi connectivity index (χ1n) is 10.9. The zero-order valence-corrected chi connectivity index (χ0v) is 17.8. The molecule has 0 spiro atoms. The molecule has 1 aliphatic heterocycles. The quantitative estimate of drug-likeness (QED) is 0.354. The highest BCUT2D eigenvalue weighted by Crippen LogP contribution is 2.34. The van der Waals surface area contributed by atoms with Crippen LogP contribution < -0.4 is 0 Å². The van der Waals surface area contributed by atoms with E-state index in [4.69, 9.17) is 9.47 Å². The summed E-state index contributed by atoms with van der Waals surface area (Å²) in [5.74, 6) is -0.572. The first-order chi connectivity index (χ1) is 14.6. The summed E-state index contributed by atoms with van der Waals surface area (Å²) in [5, 5.41) is 9.73. The summed E-state index contributed by atoms with van der Waals surface area (Å²) in [7, 11) is 0. The lowest BCUT2D eigenvalue weighted by Crippen LogP contribution is -2.34. The molecule has 1 N–H and O–H groups in total. The van der Waals surface area contributed by atoms with Crippen LogP contribution in [0.3, 0.4) is 0 Å². The monoisotopic (exact) mass is 408 g/mol. The predicted molar refractivity (Wildman–Crippen MR) is 119 cm³/mol. The summed E-state index contributed by atoms with van der Waals surface area (Å²) in [5.41, 5.74) is 2.60. The molecule has 1 aliphatic rings. The van der Waals surface area contributed by atoms with Gasteiger partial charge >= 0.3 is 5.97 Å². The van der Waals surface area contributed by atoms with Gasteiger partial charge in [-0.15, -0.1) is 6.58 Å². The van der Waals surface area contributed by atoms with Crippen LogP contribution in [0.4, 0.5) is 0 Å². The van der Waals surface area contributed by atoms with Gasteiger partial charge in [-0.1, -0.05) is 67.8 Å². The molecule has 3 rings (SSSR count). The van der Waals surface area contributed by atoms with Gasteiger partial charge in [0.05, 0.1) is 18.3 Å². The van der Waals surface area contributed by atoms with E-state index in [0.717, 1.165) is 24.0 Å². The number of hydrogen-bond donors (Lipinski definition) is 1. The molecule has 0 aliphatic carbocycles. The van der Waals surface area contributed by atoms with Gasteiger partial charge in [-0.2, -0.15) is 0 Å². The third-order valence-electron chi connectivity index (χ3n) is 5.83. The first kappa shape index (κ1) is 22.3. The van der Waals surface area contributed by atoms with Gasteiger partial charge in [0, 0.05) is 11.5 Å². The molecule has 4 heteroatoms. The lowest BCUT2D eigenvalue weighted by atomic mass is 9.94. The number of aromatic carboxylic acids is 1. The van der Waals surface area contributed by atoms with Crippen molar-refractivity contribution in [3.05, 3.63) is 72.3 Å². The van der Waals surface area contributed by atoms with Crippen LogP contribution in [0, 0.1) is 5.92 Å². The smallest absolute Gasteiger partial charge is 0.336 e. The van der Waals surface area contributed by atoms with Gasteiger partial charge in [0.1, 0.15) is 0 Å². The first-order valence-corrected chi connectivity index (χ1v) is 10.9. The highest BCUT2D eigenvalue weighted by atomic mass is 16.7. The minimum atomic E-state index is -0.950. The minimum Gasteiger partial charge on any atom is -0.478 e. The molecule has 4 nitrogen and oxygen atoms in total. The largest absolute Gasteiger partial charge is 0.478 e. The van der Waals surface area contributed by atoms with Crippen molar-refractivity contribution in [3.63, 3.8) is 0 Å². The molecule has 3 unspecified atom stereocenters. The Balaban J connectivity index is 1.61. The van der Waals surface area contributed by atoms with Gasteiger partial charge in [-0.05, 0) is 43.4 Å². The van der Waals surface area contributed by atoms with E-state index in [9.17, 15) is 9.90 Å². The van der Waals surface area contributed by atoms with Crippen LogP contribution in [0.5, 0.6) is 0 Å². The molecule has 0 aromatic heterocycles. The molecule has 2 aromatic rings. The van der Waals surface area contributed by atoms with Gasteiger partial charge in [0.2, 0.25) is 0 Å². The van der Waals surface area contributed by atoms with Gasteiger partial charge in [-0.25, -0.2) is 4.79 Å². The summed E-state index contributed by atoms with van der Waals surface area (Å²) < 4.78 is 12.1. The van der Waals surface area contributed by atoms with Crippen molar-refractivity contribution in [2.24, 2.45) is 5.92 Å². The number of carbonyl (C=O) groups is 1. The Kier molecular flexibility index (Phi) is 8.23. The number of carboxylic acid groups (broad SMARTS) is 1. The van der Waals surface area contributed by atoms with Crippen molar-refractivity contribution in [1.82, 2.24) is 0 Å². The van der Waals surface area contributed by atoms with E-state index in [2.05, 4.69) is 13.5 Å². The molecule has 1 heterocycles. The SMILES string of the molecule is C=CCCCCCCC1COC(c2ccc(-c3ccccc3)c(C(=O)O)c2)OC1C. The molecular weight excluding hydrogens is 376 g/mol. The summed E-state index contributed by atoms with van der Waals surface area (Å²) in [4.78, 5) is 11.9. The Labute approximate surface area is 179 Å². The minimum absolute atomic E-state index is 0.0824. The number of allylic oxidation sites excluding steroid dienone is 1. The fourth-order valence-corrected chi connectivity index (χ4v) is 3.99. The summed E-state index contributed by atoms with van der Waals surface area (Å²) in [6.45, 7) is 6.50. The molecule has 0 amide bonds. The molecule has 0 radical (unpaired) electrons. The molecule has 0 bridgehead atoms. The third-order valence-corrected chi connectivity index (χ3v) is 5.83. The summed E-state index contributed by atoms with van der Waals surface area (Å²) in [6, 6.07) is 15.0. The summed E-state index contributed by atoms with van der Waals surface area (Å²) in [6.07, 6.45) is 8.58. The maximum Gasteiger partial charge on any atom is 0.336 e. The third kappa shape index (κ3) is 5.80. The Morgan fingerprint density at radius 3 is 2.60 bits per heavy atom. The molecule has 30 heavy (non-hydrogen) atoms. The average Bonchev–Trinajstić information content (AvgIpc) is 2.77. The second-order valence-corrected chi connectivity index (χ2v) is 8.02. The normalized spacial score (nSPS) is 21.3. The van der Waals surface area contributed by atoms with Crippen LogP contribution in [0.2, 0.25) is 0 Å². The maximum absolute atomic E-state index is 11.9. The molecule has 0 saturated carbocycles. The Hall–Kier alpha value is -2.43. The number of ether oxygens (including phenoxy) is 2. The van der Waals surface area contributed by atoms with E-state index < -0.39 is 12.3 Å². The molecule has 160 valence electrons. The molecule has 3 atom stereocenters. The topological polar surface area (TPSA) is 55.8 Å². The van der Waals surface area contributed by atoms with E-state index in [0.29, 0.717) is 18.1 Å². The fourth-order valence-electron chi connectivity index (χ4n) is 3.99. The van der Waals surface area contributed by atoms with Crippen LogP contribution in [0.1, 0.15) is 67.7 Å². The van der Waals surface area contributed by atoms with Gasteiger partial charge in [0.15, 0.2) is 6.29 Å². The van der Waals surface area contributed by atoms with Crippen LogP contribution in [0.15, 0.2) is 61.2 Å². The van der Waals surface area contributed by atoms with Crippen molar-refractivity contribution < 1.29 is 19.4 Å². The van der Waals surface area contributed by atoms with Gasteiger partial charge in [0.25, 0.3) is 0 Å². The molecule has 2 aromatic carbocycles. The Morgan fingerprint density at radius 2 is 1.90 bits per heavy atom. The fraction of sp³-hybridized carbons (Fsp3) is 0.423. The standard InChI is InChI=1S/C26H32O4/c1-3-4-5-6-7-9-14-22-18-29-26(30-19(22)2)21-15-16-23(24(17-21)25(27)28)20-12-10-8-11-13-20/h3,8,10-13,15-17,19,22,26H,1,4-7,9,14,18H2,2H3,(H,27,28). The highest BCUT2D eigenvalue weighted by Gasteiger charge is 2.30. The lowest BCUT2D eigenvalue weighted by Gasteiger charge is -2.35. The van der Waals surface area contributed by atoms with Gasteiger partial charge in [-0.3, -0.25) is 0 Å². The van der Waals surface area contributed by atoms with Crippen LogP contribution in [0.25, 0.3) is 11.1 Å². The van der Waals surface area contributed by atoms with Crippen molar-refractivity contribution >= 4 is 5.97 Å². The van der Waals surface area contributed by atoms with E-state index in [1.54, 1.807) is 6.07 Å². The molecular formula is C26H32O4. The number of carboxylic acids is 1. The lowest BCUT2D eigenvalue weighted by molar-refractivity contribution is -0.237. The van der Waals surface area contributed by atoms with Crippen molar-refractivity contribution in [2.45, 2.75) is 57.8 Å². The van der Waals surface area contributed by atoms with Crippen molar-refractivity contribution in [1.29, 1.82) is 0 Å². The molecule has 1 fully saturated rings. The van der Waals surface area contributed by atoms with E-state index in [1.165, 1.54) is 25.7 Å². The zero-order chi connectivity index (χ0) is 21.3. The second-order valence-electron chi connectivity index (χ2n) is 8.02. The van der Waals surface area contributed by atoms with Crippen molar-refractivity contribution in [2.75, 3.05) is 6.61 Å². The number of benzene rings is 2. The number of unbranched alkanes of at least 4 members (excludes halogenated alkanes) is 4. The van der Waals surface area contributed by atoms with E-state index in [1.807, 2.05) is 48.5 Å². The number of hydrogen-bond acceptors (Lipinski definition) is 3. The van der Waals surface area contributed by atoms with Crippen LogP contribution >= 0.6 is 0 Å². The average molecular weight is 409 g/mol. The van der Waals surface area contributed by atoms with Crippen LogP contribution in [-0.4, -0.2) is 23.8 Å². The summed E-state index contributed by atoms with van der Waals surface area (Å²) >= 11 is 0. The van der Waals surface area contributed by atoms with Crippen molar-refractivity contribution in [3.8, 4) is 11.1 Å². The second kappa shape index (κ2) is 11.1. The number of rotatable bonds is 10. The molecule has 1 saturated heterocycles. The van der Waals surface area contributed by atoms with Crippen LogP contribution in [-0.2, 0) is 9.47 Å². The Morgan fingerprint density at radius 1 is 1.13 bits per heavy atom. The van der Waals surface area contributed by atoms with Gasteiger partial charge < -0.3 is 14.6 Å². The maximum atomic E-state index is 11.9. The van der Waals surface area contributed by atoms with E-state index in [-0.39, 0.29) is 11.7 Å².